The molecule has 1 aromatic heterocycles. The summed E-state index contributed by atoms with van der Waals surface area (Å²) >= 11 is 0. The van der Waals surface area contributed by atoms with Gasteiger partial charge in [-0.15, -0.1) is 11.7 Å². The van der Waals surface area contributed by atoms with Gasteiger partial charge in [0.25, 0.3) is 0 Å². The van der Waals surface area contributed by atoms with Gasteiger partial charge in [-0.05, 0) is 24.6 Å². The lowest BCUT2D eigenvalue weighted by Crippen LogP contribution is -2.35. The van der Waals surface area contributed by atoms with Gasteiger partial charge < -0.3 is 10.1 Å². The highest BCUT2D eigenvalue weighted by Crippen LogP contribution is 2.34. The molecule has 8 heteroatoms. The van der Waals surface area contributed by atoms with Crippen LogP contribution in [0.1, 0.15) is 24.1 Å². The molecular weight excluding hydrogens is 334 g/mol. The highest BCUT2D eigenvalue weighted by Gasteiger charge is 2.35. The van der Waals surface area contributed by atoms with Crippen LogP contribution in [-0.2, 0) is 16.1 Å². The molecule has 1 aromatic carbocycles. The molecule has 1 unspecified atom stereocenters. The third kappa shape index (κ3) is 2.69. The fourth-order valence-electron chi connectivity index (χ4n) is 2.98. The zero-order valence-corrected chi connectivity index (χ0v) is 14.4. The number of carbonyl (C=O) groups excluding carboxylic acids is 1. The number of nitrogens with one attached hydrogen (secondary N) is 1. The summed E-state index contributed by atoms with van der Waals surface area (Å²) in [7, 11) is 1.29. The van der Waals surface area contributed by atoms with E-state index in [0.29, 0.717) is 28.3 Å². The molecule has 0 fully saturated rings. The van der Waals surface area contributed by atoms with E-state index in [1.807, 2.05) is 0 Å². The van der Waals surface area contributed by atoms with Gasteiger partial charge in [0.05, 0.1) is 30.9 Å². The number of nitrogens with zero attached hydrogens (tertiary/aromatic N) is 4. The number of aromatic nitrogens is 3. The number of hydrogen-bond donors (Lipinski definition) is 1. The molecule has 8 nitrogen and oxygen atoms in total. The molecule has 1 aliphatic rings. The third-order valence-corrected chi connectivity index (χ3v) is 4.17. The lowest BCUT2D eigenvalue weighted by atomic mass is 9.95. The summed E-state index contributed by atoms with van der Waals surface area (Å²) in [4.78, 5) is 25.2. The summed E-state index contributed by atoms with van der Waals surface area (Å²) in [6.45, 7) is 5.60. The van der Waals surface area contributed by atoms with E-state index in [0.717, 1.165) is 0 Å². The largest absolute Gasteiger partial charge is 0.466 e. The molecule has 0 saturated heterocycles. The molecule has 2 heterocycles. The van der Waals surface area contributed by atoms with Crippen LogP contribution in [0.5, 0.6) is 0 Å². The van der Waals surface area contributed by atoms with Crippen LogP contribution in [0.15, 0.2) is 53.0 Å². The van der Waals surface area contributed by atoms with Crippen molar-refractivity contribution in [3.8, 4) is 6.07 Å². The van der Waals surface area contributed by atoms with Gasteiger partial charge in [0, 0.05) is 5.70 Å². The monoisotopic (exact) mass is 351 g/mol. The number of hydrogen-bond acceptors (Lipinski definition) is 6. The molecule has 1 N–H and O–H groups in total. The van der Waals surface area contributed by atoms with Crippen molar-refractivity contribution in [3.05, 3.63) is 69.8 Å². The third-order valence-electron chi connectivity index (χ3n) is 4.17. The minimum Gasteiger partial charge on any atom is -0.466 e. The predicted molar refractivity (Wildman–Crippen MR) is 94.3 cm³/mol. The van der Waals surface area contributed by atoms with E-state index in [2.05, 4.69) is 23.1 Å². The van der Waals surface area contributed by atoms with E-state index >= 15 is 0 Å². The van der Waals surface area contributed by atoms with Crippen molar-refractivity contribution in [2.24, 2.45) is 0 Å². The Hall–Kier alpha value is -3.60. The summed E-state index contributed by atoms with van der Waals surface area (Å²) in [5, 5.41) is 16.3. The average Bonchev–Trinajstić information content (AvgIpc) is 2.95. The number of ether oxygens (including phenoxy) is 1. The Balaban J connectivity index is 2.24. The molecular formula is C18H17N5O3. The molecule has 0 amide bonds. The Morgan fingerprint density at radius 1 is 1.46 bits per heavy atom. The smallest absolute Gasteiger partial charge is 0.348 e. The van der Waals surface area contributed by atoms with Gasteiger partial charge in [-0.25, -0.2) is 18.8 Å². The zero-order chi connectivity index (χ0) is 18.8. The fourth-order valence-corrected chi connectivity index (χ4v) is 2.98. The Morgan fingerprint density at radius 2 is 2.15 bits per heavy atom. The van der Waals surface area contributed by atoms with E-state index in [4.69, 9.17) is 10.00 Å². The number of carbonyl (C=O) groups is 1. The first-order chi connectivity index (χ1) is 12.5. The van der Waals surface area contributed by atoms with Gasteiger partial charge in [0.1, 0.15) is 6.04 Å². The number of benzene rings is 1. The molecule has 1 atom stereocenters. The number of rotatable bonds is 4. The molecule has 132 valence electrons. The van der Waals surface area contributed by atoms with Gasteiger partial charge in [-0.3, -0.25) is 0 Å². The van der Waals surface area contributed by atoms with Crippen LogP contribution in [0.4, 0.5) is 5.95 Å². The van der Waals surface area contributed by atoms with Gasteiger partial charge in [-0.2, -0.15) is 5.26 Å². The minimum absolute atomic E-state index is 0.243. The molecule has 0 aliphatic carbocycles. The van der Waals surface area contributed by atoms with Crippen molar-refractivity contribution >= 4 is 11.9 Å². The standard InChI is InChI=1S/C18H17N5O3/c1-4-9-22-18(25)23-15(13-7-5-12(10-19)6-8-13)14(16(24)26-3)11(2)20-17(23)21-22/h4-8,15H,1,9H2,2-3H3,(H,20,21). The number of fused-ring (bicyclic) bond motifs is 1. The Bertz CT molecular complexity index is 1000. The van der Waals surface area contributed by atoms with Crippen molar-refractivity contribution < 1.29 is 9.53 Å². The molecule has 3 rings (SSSR count). The molecule has 0 spiro atoms. The first-order valence-electron chi connectivity index (χ1n) is 7.88. The van der Waals surface area contributed by atoms with Crippen LogP contribution in [0.2, 0.25) is 0 Å². The maximum absolute atomic E-state index is 12.8. The Kier molecular flexibility index (Phi) is 4.45. The van der Waals surface area contributed by atoms with Crippen LogP contribution in [-0.4, -0.2) is 27.4 Å². The van der Waals surface area contributed by atoms with Crippen molar-refractivity contribution in [1.29, 1.82) is 5.26 Å². The molecule has 0 saturated carbocycles. The fraction of sp³-hybridized carbons (Fsp3) is 0.222. The topological polar surface area (TPSA) is 102 Å². The number of allylic oxidation sites excluding steroid dienone is 2. The van der Waals surface area contributed by atoms with Crippen molar-refractivity contribution in [1.82, 2.24) is 14.3 Å². The second-order valence-electron chi connectivity index (χ2n) is 5.74. The number of esters is 1. The maximum Gasteiger partial charge on any atom is 0.348 e. The number of nitriles is 1. The average molecular weight is 351 g/mol. The molecule has 0 bridgehead atoms. The van der Waals surface area contributed by atoms with Crippen molar-refractivity contribution in [2.45, 2.75) is 19.5 Å². The first-order valence-corrected chi connectivity index (χ1v) is 7.88. The first kappa shape index (κ1) is 17.2. The number of methoxy groups -OCH3 is 1. The van der Waals surface area contributed by atoms with Crippen LogP contribution in [0.25, 0.3) is 0 Å². The summed E-state index contributed by atoms with van der Waals surface area (Å²) in [6, 6.07) is 8.05. The summed E-state index contributed by atoms with van der Waals surface area (Å²) in [5.41, 5.74) is 1.64. The van der Waals surface area contributed by atoms with Crippen LogP contribution in [0.3, 0.4) is 0 Å². The van der Waals surface area contributed by atoms with E-state index in [-0.39, 0.29) is 12.2 Å². The molecule has 2 aromatic rings. The Labute approximate surface area is 149 Å². The highest BCUT2D eigenvalue weighted by molar-refractivity contribution is 5.92. The lowest BCUT2D eigenvalue weighted by molar-refractivity contribution is -0.136. The van der Waals surface area contributed by atoms with Crippen LogP contribution >= 0.6 is 0 Å². The zero-order valence-electron chi connectivity index (χ0n) is 14.4. The molecule has 1 aliphatic heterocycles. The summed E-state index contributed by atoms with van der Waals surface area (Å²) in [6.07, 6.45) is 1.57. The summed E-state index contributed by atoms with van der Waals surface area (Å²) in [5.74, 6) is -0.213. The quantitative estimate of drug-likeness (QED) is 0.662. The molecule has 0 radical (unpaired) electrons. The number of anilines is 1. The Morgan fingerprint density at radius 3 is 2.73 bits per heavy atom. The van der Waals surface area contributed by atoms with E-state index in [9.17, 15) is 9.59 Å². The van der Waals surface area contributed by atoms with Gasteiger partial charge >= 0.3 is 11.7 Å². The maximum atomic E-state index is 12.8. The summed E-state index contributed by atoms with van der Waals surface area (Å²) < 4.78 is 7.59. The van der Waals surface area contributed by atoms with Crippen molar-refractivity contribution in [3.63, 3.8) is 0 Å². The van der Waals surface area contributed by atoms with E-state index < -0.39 is 12.0 Å². The minimum atomic E-state index is -0.711. The normalized spacial score (nSPS) is 15.7. The second-order valence-corrected chi connectivity index (χ2v) is 5.74. The van der Waals surface area contributed by atoms with Gasteiger partial charge in [0.15, 0.2) is 0 Å². The van der Waals surface area contributed by atoms with Crippen molar-refractivity contribution in [2.75, 3.05) is 12.4 Å². The van der Waals surface area contributed by atoms with Crippen LogP contribution in [0, 0.1) is 11.3 Å². The predicted octanol–water partition coefficient (Wildman–Crippen LogP) is 1.56. The second kappa shape index (κ2) is 6.72. The van der Waals surface area contributed by atoms with E-state index in [1.54, 1.807) is 37.3 Å². The van der Waals surface area contributed by atoms with Gasteiger partial charge in [-0.1, -0.05) is 18.2 Å². The lowest BCUT2D eigenvalue weighted by Gasteiger charge is -2.28. The molecule has 26 heavy (non-hydrogen) atoms. The highest BCUT2D eigenvalue weighted by atomic mass is 16.5. The van der Waals surface area contributed by atoms with Gasteiger partial charge in [0.2, 0.25) is 5.95 Å². The van der Waals surface area contributed by atoms with Crippen LogP contribution < -0.4 is 11.0 Å². The van der Waals surface area contributed by atoms with E-state index in [1.165, 1.54) is 16.4 Å². The SMILES string of the molecule is C=CCn1nc2n(c1=O)C(c1ccc(C#N)cc1)C(C(=O)OC)=C(C)N2.